The van der Waals surface area contributed by atoms with Crippen LogP contribution in [0.3, 0.4) is 0 Å². The van der Waals surface area contributed by atoms with Gasteiger partial charge in [-0.3, -0.25) is 19.3 Å². The Kier molecular flexibility index (Phi) is 7.18. The molecule has 0 aromatic heterocycles. The summed E-state index contributed by atoms with van der Waals surface area (Å²) < 4.78 is 32.7. The van der Waals surface area contributed by atoms with Gasteiger partial charge in [-0.25, -0.2) is 13.1 Å². The number of hydrogen-bond acceptors (Lipinski definition) is 6. The highest BCUT2D eigenvalue weighted by Crippen LogP contribution is 2.24. The van der Waals surface area contributed by atoms with Crippen LogP contribution in [0.5, 0.6) is 5.75 Å². The summed E-state index contributed by atoms with van der Waals surface area (Å²) in [6.07, 6.45) is -0.267. The summed E-state index contributed by atoms with van der Waals surface area (Å²) in [7, 11) is -2.45. The fourth-order valence-corrected chi connectivity index (χ4v) is 5.35. The number of carbonyl (C=O) groups is 3. The molecule has 2 N–H and O–H groups in total. The maximum Gasteiger partial charge on any atom is 0.321 e. The second-order valence-electron chi connectivity index (χ2n) is 8.29. The summed E-state index contributed by atoms with van der Waals surface area (Å²) in [6.45, 7) is -0.234. The molecule has 186 valence electrons. The van der Waals surface area contributed by atoms with E-state index in [4.69, 9.17) is 4.74 Å². The van der Waals surface area contributed by atoms with Gasteiger partial charge in [0.15, 0.2) is 0 Å². The predicted octanol–water partition coefficient (Wildman–Crippen LogP) is 2.92. The summed E-state index contributed by atoms with van der Waals surface area (Å²) in [4.78, 5) is 37.7. The van der Waals surface area contributed by atoms with Gasteiger partial charge in [0, 0.05) is 6.54 Å². The summed E-state index contributed by atoms with van der Waals surface area (Å²) >= 11 is 0. The molecule has 1 aliphatic heterocycles. The number of aliphatic carboxylic acids is 1. The number of nitrogens with zero attached hydrogens (tertiary/aromatic N) is 1. The van der Waals surface area contributed by atoms with E-state index < -0.39 is 39.6 Å². The number of carboxylic acid groups (broad SMARTS) is 1. The highest BCUT2D eigenvalue weighted by Gasteiger charge is 2.36. The number of sulfonamides is 1. The minimum absolute atomic E-state index is 0.234. The van der Waals surface area contributed by atoms with Gasteiger partial charge in [-0.1, -0.05) is 48.5 Å². The zero-order chi connectivity index (χ0) is 25.9. The molecular weight excluding hydrogens is 484 g/mol. The number of amides is 2. The van der Waals surface area contributed by atoms with Gasteiger partial charge in [0.2, 0.25) is 10.0 Å². The number of ether oxygens (including phenoxy) is 1. The Bertz CT molecular complexity index is 1370. The van der Waals surface area contributed by atoms with Gasteiger partial charge >= 0.3 is 5.97 Å². The molecule has 0 fully saturated rings. The van der Waals surface area contributed by atoms with E-state index in [2.05, 4.69) is 4.72 Å². The lowest BCUT2D eigenvalue weighted by molar-refractivity contribution is -0.139. The highest BCUT2D eigenvalue weighted by molar-refractivity contribution is 7.88. The van der Waals surface area contributed by atoms with E-state index in [0.29, 0.717) is 5.56 Å². The van der Waals surface area contributed by atoms with Crippen LogP contribution < -0.4 is 9.46 Å². The largest absolute Gasteiger partial charge is 0.497 e. The Hall–Kier alpha value is -4.02. The van der Waals surface area contributed by atoms with Gasteiger partial charge in [-0.2, -0.15) is 0 Å². The zero-order valence-electron chi connectivity index (χ0n) is 19.4. The molecule has 4 rings (SSSR count). The van der Waals surface area contributed by atoms with Gasteiger partial charge in [0.05, 0.1) is 24.0 Å². The first kappa shape index (κ1) is 25.1. The lowest BCUT2D eigenvalue weighted by Gasteiger charge is -2.19. The van der Waals surface area contributed by atoms with Crippen molar-refractivity contribution < 1.29 is 32.6 Å². The quantitative estimate of drug-likeness (QED) is 0.403. The first-order valence-electron chi connectivity index (χ1n) is 11.1. The van der Waals surface area contributed by atoms with E-state index in [0.717, 1.165) is 21.8 Å². The van der Waals surface area contributed by atoms with Gasteiger partial charge < -0.3 is 9.84 Å². The predicted molar refractivity (Wildman–Crippen MR) is 132 cm³/mol. The molecule has 0 spiro atoms. The molecule has 0 saturated heterocycles. The molecule has 0 bridgehead atoms. The molecule has 2 amide bonds. The van der Waals surface area contributed by atoms with Crippen LogP contribution in [-0.4, -0.2) is 55.9 Å². The van der Waals surface area contributed by atoms with E-state index in [1.165, 1.54) is 12.1 Å². The maximum atomic E-state index is 12.7. The molecule has 1 heterocycles. The minimum Gasteiger partial charge on any atom is -0.497 e. The monoisotopic (exact) mass is 508 g/mol. The van der Waals surface area contributed by atoms with Gasteiger partial charge in [0.25, 0.3) is 11.8 Å². The molecule has 3 aromatic rings. The van der Waals surface area contributed by atoms with Crippen molar-refractivity contribution >= 4 is 27.8 Å². The number of rotatable bonds is 10. The number of hydrogen-bond donors (Lipinski definition) is 2. The maximum absolute atomic E-state index is 12.7. The van der Waals surface area contributed by atoms with Crippen LogP contribution in [0.2, 0.25) is 0 Å². The van der Waals surface area contributed by atoms with Crippen molar-refractivity contribution in [1.82, 2.24) is 9.62 Å². The number of imide groups is 1. The van der Waals surface area contributed by atoms with Crippen LogP contribution in [-0.2, 0) is 20.6 Å². The lowest BCUT2D eigenvalue weighted by atomic mass is 10.0. The molecule has 10 heteroatoms. The van der Waals surface area contributed by atoms with Crippen molar-refractivity contribution in [3.05, 3.63) is 89.5 Å². The summed E-state index contributed by atoms with van der Waals surface area (Å²) in [5.41, 5.74) is 2.78. The number of benzene rings is 3. The zero-order valence-corrected chi connectivity index (χ0v) is 20.2. The van der Waals surface area contributed by atoms with Crippen molar-refractivity contribution in [2.24, 2.45) is 0 Å². The van der Waals surface area contributed by atoms with Crippen LogP contribution in [0.1, 0.15) is 32.7 Å². The molecule has 1 unspecified atom stereocenters. The number of nitrogens with one attached hydrogen (secondary N) is 1. The fraction of sp³-hybridized carbons (Fsp3) is 0.192. The van der Waals surface area contributed by atoms with Crippen LogP contribution >= 0.6 is 0 Å². The number of carboxylic acids is 1. The normalized spacial score (nSPS) is 14.0. The van der Waals surface area contributed by atoms with Crippen molar-refractivity contribution in [2.75, 3.05) is 13.7 Å². The molecule has 0 radical (unpaired) electrons. The van der Waals surface area contributed by atoms with Crippen LogP contribution in [0.4, 0.5) is 0 Å². The van der Waals surface area contributed by atoms with Crippen LogP contribution in [0.15, 0.2) is 72.8 Å². The lowest BCUT2D eigenvalue weighted by Crippen LogP contribution is -2.44. The summed E-state index contributed by atoms with van der Waals surface area (Å²) in [6, 6.07) is 19.1. The van der Waals surface area contributed by atoms with E-state index in [1.807, 2.05) is 24.3 Å². The standard InChI is InChI=1S/C26H24N2O7S/c1-35-20-12-10-19(11-13-20)18-8-6-17(7-9-18)16-36(33,34)27-23(26(31)32)14-15-28-24(29)21-4-2-3-5-22(21)25(28)30/h2-13,23,27H,14-16H2,1H3,(H,31,32). The van der Waals surface area contributed by atoms with Gasteiger partial charge in [-0.15, -0.1) is 0 Å². The third-order valence-electron chi connectivity index (χ3n) is 5.87. The van der Waals surface area contributed by atoms with Crippen molar-refractivity contribution in [3.63, 3.8) is 0 Å². The van der Waals surface area contributed by atoms with Crippen molar-refractivity contribution in [1.29, 1.82) is 0 Å². The van der Waals surface area contributed by atoms with E-state index >= 15 is 0 Å². The number of carbonyl (C=O) groups excluding carboxylic acids is 2. The fourth-order valence-electron chi connectivity index (χ4n) is 3.99. The molecule has 1 aliphatic rings. The molecule has 0 aliphatic carbocycles. The van der Waals surface area contributed by atoms with E-state index in [9.17, 15) is 27.9 Å². The first-order chi connectivity index (χ1) is 17.2. The SMILES string of the molecule is COc1ccc(-c2ccc(CS(=O)(=O)NC(CCN3C(=O)c4ccccc4C3=O)C(=O)O)cc2)cc1. The minimum atomic E-state index is -4.03. The second kappa shape index (κ2) is 10.3. The molecular formula is C26H24N2O7S. The molecule has 3 aromatic carbocycles. The molecule has 9 nitrogen and oxygen atoms in total. The van der Waals surface area contributed by atoms with E-state index in [1.54, 1.807) is 43.5 Å². The second-order valence-corrected chi connectivity index (χ2v) is 10.0. The Balaban J connectivity index is 1.39. The van der Waals surface area contributed by atoms with Crippen LogP contribution in [0, 0.1) is 0 Å². The average Bonchev–Trinajstić information content (AvgIpc) is 3.11. The van der Waals surface area contributed by atoms with Gasteiger partial charge in [-0.05, 0) is 47.4 Å². The summed E-state index contributed by atoms with van der Waals surface area (Å²) in [5.74, 6) is -2.15. The smallest absolute Gasteiger partial charge is 0.321 e. The molecule has 36 heavy (non-hydrogen) atoms. The number of fused-ring (bicyclic) bond motifs is 1. The number of methoxy groups -OCH3 is 1. The third kappa shape index (κ3) is 5.45. The van der Waals surface area contributed by atoms with Gasteiger partial charge in [0.1, 0.15) is 11.8 Å². The average molecular weight is 509 g/mol. The van der Waals surface area contributed by atoms with Crippen molar-refractivity contribution in [2.45, 2.75) is 18.2 Å². The topological polar surface area (TPSA) is 130 Å². The Morgan fingerprint density at radius 1 is 0.917 bits per heavy atom. The summed E-state index contributed by atoms with van der Waals surface area (Å²) in [5, 5.41) is 9.56. The Morgan fingerprint density at radius 2 is 1.44 bits per heavy atom. The Labute approximate surface area is 208 Å². The van der Waals surface area contributed by atoms with Crippen LogP contribution in [0.25, 0.3) is 11.1 Å². The highest BCUT2D eigenvalue weighted by atomic mass is 32.2. The first-order valence-corrected chi connectivity index (χ1v) is 12.7. The third-order valence-corrected chi connectivity index (χ3v) is 7.23. The Morgan fingerprint density at radius 3 is 1.94 bits per heavy atom. The van der Waals surface area contributed by atoms with Crippen molar-refractivity contribution in [3.8, 4) is 16.9 Å². The molecule has 0 saturated carbocycles. The molecule has 1 atom stereocenters. The van der Waals surface area contributed by atoms with E-state index in [-0.39, 0.29) is 24.1 Å².